The van der Waals surface area contributed by atoms with Crippen molar-refractivity contribution in [2.75, 3.05) is 0 Å². The molecule has 74 valence electrons. The largest absolute Gasteiger partial charge is 0.294 e. The molecule has 0 spiro atoms. The van der Waals surface area contributed by atoms with Gasteiger partial charge in [-0.1, -0.05) is 17.2 Å². The summed E-state index contributed by atoms with van der Waals surface area (Å²) in [6, 6.07) is 5.44. The van der Waals surface area contributed by atoms with Gasteiger partial charge in [0.05, 0.1) is 11.4 Å². The van der Waals surface area contributed by atoms with E-state index >= 15 is 0 Å². The maximum Gasteiger partial charge on any atom is 0.294 e. The molecule has 6 nitrogen and oxygen atoms in total. The highest BCUT2D eigenvalue weighted by Crippen LogP contribution is 2.10. The maximum absolute atomic E-state index is 10.6. The van der Waals surface area contributed by atoms with Gasteiger partial charge in [-0.25, -0.2) is 0 Å². The van der Waals surface area contributed by atoms with Gasteiger partial charge < -0.3 is 0 Å². The minimum Gasteiger partial charge on any atom is -0.282 e. The Bertz CT molecular complexity index is 459. The Kier molecular flexibility index (Phi) is 3.08. The molecule has 0 aromatic heterocycles. The van der Waals surface area contributed by atoms with Gasteiger partial charge in [-0.2, -0.15) is 8.42 Å². The number of rotatable bonds is 3. The molecule has 0 amide bonds. The van der Waals surface area contributed by atoms with Gasteiger partial charge >= 0.3 is 0 Å². The van der Waals surface area contributed by atoms with Crippen LogP contribution >= 0.6 is 0 Å². The zero-order chi connectivity index (χ0) is 10.6. The van der Waals surface area contributed by atoms with Gasteiger partial charge in [0.1, 0.15) is 0 Å². The molecule has 0 aliphatic heterocycles. The number of hydrogen-bond acceptors (Lipinski definition) is 3. The predicted octanol–water partition coefficient (Wildman–Crippen LogP) is 1.74. The fourth-order valence-electron chi connectivity index (χ4n) is 0.880. The average molecular weight is 213 g/mol. The lowest BCUT2D eigenvalue weighted by Crippen LogP contribution is -1.97. The monoisotopic (exact) mass is 213 g/mol. The number of azide groups is 1. The van der Waals surface area contributed by atoms with E-state index in [9.17, 15) is 8.42 Å². The average Bonchev–Trinajstić information content (AvgIpc) is 2.14. The van der Waals surface area contributed by atoms with E-state index in [1.165, 1.54) is 24.3 Å². The van der Waals surface area contributed by atoms with Gasteiger partial charge in [0.2, 0.25) is 0 Å². The van der Waals surface area contributed by atoms with E-state index in [0.29, 0.717) is 5.56 Å². The Balaban J connectivity index is 2.95. The standard InChI is InChI=1S/C7H7N3O3S/c8-10-9-5-6-1-3-7(4-2-6)14(11,12)13/h1-4H,5H2,(H,11,12,13). The van der Waals surface area contributed by atoms with Crippen molar-refractivity contribution in [1.82, 2.24) is 0 Å². The van der Waals surface area contributed by atoms with Gasteiger partial charge in [0.15, 0.2) is 0 Å². The molecule has 0 saturated carbocycles. The number of hydrogen-bond donors (Lipinski definition) is 1. The van der Waals surface area contributed by atoms with E-state index in [1.807, 2.05) is 0 Å². The maximum atomic E-state index is 10.6. The summed E-state index contributed by atoms with van der Waals surface area (Å²) in [4.78, 5) is 2.38. The van der Waals surface area contributed by atoms with E-state index in [2.05, 4.69) is 10.0 Å². The Morgan fingerprint density at radius 3 is 2.36 bits per heavy atom. The molecule has 0 saturated heterocycles. The van der Waals surface area contributed by atoms with E-state index in [1.54, 1.807) is 0 Å². The van der Waals surface area contributed by atoms with E-state index in [-0.39, 0.29) is 11.4 Å². The Morgan fingerprint density at radius 2 is 1.93 bits per heavy atom. The highest BCUT2D eigenvalue weighted by atomic mass is 32.2. The second kappa shape index (κ2) is 4.10. The van der Waals surface area contributed by atoms with Crippen LogP contribution in [-0.4, -0.2) is 13.0 Å². The van der Waals surface area contributed by atoms with Crippen LogP contribution in [0.4, 0.5) is 0 Å². The molecule has 0 aliphatic rings. The molecule has 1 aromatic rings. The molecule has 14 heavy (non-hydrogen) atoms. The third-order valence-electron chi connectivity index (χ3n) is 1.54. The summed E-state index contributed by atoms with van der Waals surface area (Å²) >= 11 is 0. The van der Waals surface area contributed by atoms with Crippen LogP contribution in [0.15, 0.2) is 34.3 Å². The molecule has 7 heteroatoms. The quantitative estimate of drug-likeness (QED) is 0.358. The fraction of sp³-hybridized carbons (Fsp3) is 0.143. The van der Waals surface area contributed by atoms with Crippen LogP contribution in [0.1, 0.15) is 5.56 Å². The molecule has 0 atom stereocenters. The van der Waals surface area contributed by atoms with Gasteiger partial charge in [-0.05, 0) is 23.2 Å². The fourth-order valence-corrected chi connectivity index (χ4v) is 1.36. The van der Waals surface area contributed by atoms with Crippen molar-refractivity contribution in [1.29, 1.82) is 0 Å². The topological polar surface area (TPSA) is 103 Å². The lowest BCUT2D eigenvalue weighted by molar-refractivity contribution is 0.483. The first-order valence-corrected chi connectivity index (χ1v) is 5.05. The summed E-state index contributed by atoms with van der Waals surface area (Å²) in [5.74, 6) is 0. The van der Waals surface area contributed by atoms with Crippen molar-refractivity contribution < 1.29 is 13.0 Å². The van der Waals surface area contributed by atoms with Crippen LogP contribution in [-0.2, 0) is 16.7 Å². The van der Waals surface area contributed by atoms with E-state index in [0.717, 1.165) is 0 Å². The Morgan fingerprint density at radius 1 is 1.36 bits per heavy atom. The van der Waals surface area contributed by atoms with Crippen LogP contribution < -0.4 is 0 Å². The third-order valence-corrected chi connectivity index (χ3v) is 2.41. The smallest absolute Gasteiger partial charge is 0.282 e. The zero-order valence-electron chi connectivity index (χ0n) is 7.03. The first-order chi connectivity index (χ1) is 6.54. The van der Waals surface area contributed by atoms with Crippen molar-refractivity contribution in [3.8, 4) is 0 Å². The molecular formula is C7H7N3O3S. The lowest BCUT2D eigenvalue weighted by atomic mass is 10.2. The van der Waals surface area contributed by atoms with Gasteiger partial charge in [0.25, 0.3) is 10.1 Å². The van der Waals surface area contributed by atoms with Crippen LogP contribution in [0.3, 0.4) is 0 Å². The summed E-state index contributed by atoms with van der Waals surface area (Å²) in [6.07, 6.45) is 0. The summed E-state index contributed by atoms with van der Waals surface area (Å²) in [5, 5.41) is 3.30. The highest BCUT2D eigenvalue weighted by molar-refractivity contribution is 7.85. The first kappa shape index (κ1) is 10.5. The zero-order valence-corrected chi connectivity index (χ0v) is 7.85. The molecular weight excluding hydrogens is 206 g/mol. The van der Waals surface area contributed by atoms with Gasteiger partial charge in [-0.15, -0.1) is 0 Å². The van der Waals surface area contributed by atoms with Crippen molar-refractivity contribution >= 4 is 10.1 Å². The Hall–Kier alpha value is -1.56. The molecule has 0 unspecified atom stereocenters. The third kappa shape index (κ3) is 2.74. The summed E-state index contributed by atoms with van der Waals surface area (Å²) in [7, 11) is -4.14. The van der Waals surface area contributed by atoms with Crippen LogP contribution in [0.5, 0.6) is 0 Å². The molecule has 0 bridgehead atoms. The Labute approximate surface area is 80.6 Å². The SMILES string of the molecule is [N-]=[N+]=NCc1ccc(S(=O)(=O)O)cc1. The highest BCUT2D eigenvalue weighted by Gasteiger charge is 2.07. The van der Waals surface area contributed by atoms with Gasteiger partial charge in [0, 0.05) is 4.91 Å². The molecule has 0 aliphatic carbocycles. The van der Waals surface area contributed by atoms with E-state index in [4.69, 9.17) is 10.1 Å². The van der Waals surface area contributed by atoms with Crippen LogP contribution in [0, 0.1) is 0 Å². The van der Waals surface area contributed by atoms with Crippen LogP contribution in [0.2, 0.25) is 0 Å². The molecule has 1 aromatic carbocycles. The molecule has 1 rings (SSSR count). The lowest BCUT2D eigenvalue weighted by Gasteiger charge is -1.98. The minimum atomic E-state index is -4.14. The number of nitrogens with zero attached hydrogens (tertiary/aromatic N) is 3. The second-order valence-corrected chi connectivity index (χ2v) is 3.93. The summed E-state index contributed by atoms with van der Waals surface area (Å²) in [6.45, 7) is 0.155. The van der Waals surface area contributed by atoms with Crippen molar-refractivity contribution in [3.05, 3.63) is 40.3 Å². The van der Waals surface area contributed by atoms with Gasteiger partial charge in [-0.3, -0.25) is 4.55 Å². The predicted molar refractivity (Wildman–Crippen MR) is 49.1 cm³/mol. The normalized spacial score (nSPS) is 10.6. The first-order valence-electron chi connectivity index (χ1n) is 3.61. The summed E-state index contributed by atoms with van der Waals surface area (Å²) < 4.78 is 29.9. The van der Waals surface area contributed by atoms with Crippen molar-refractivity contribution in [2.24, 2.45) is 5.11 Å². The number of benzene rings is 1. The van der Waals surface area contributed by atoms with Crippen molar-refractivity contribution in [3.63, 3.8) is 0 Å². The van der Waals surface area contributed by atoms with Crippen molar-refractivity contribution in [2.45, 2.75) is 11.4 Å². The van der Waals surface area contributed by atoms with E-state index < -0.39 is 10.1 Å². The van der Waals surface area contributed by atoms with Crippen LogP contribution in [0.25, 0.3) is 10.4 Å². The summed E-state index contributed by atoms with van der Waals surface area (Å²) in [5.41, 5.74) is 8.71. The molecule has 0 fully saturated rings. The molecule has 1 N–H and O–H groups in total. The molecule has 0 heterocycles. The molecule has 0 radical (unpaired) electrons. The second-order valence-electron chi connectivity index (χ2n) is 2.51. The minimum absolute atomic E-state index is 0.155.